The molecule has 0 aliphatic carbocycles. The Morgan fingerprint density at radius 3 is 2.94 bits per heavy atom. The summed E-state index contributed by atoms with van der Waals surface area (Å²) < 4.78 is 1.19. The van der Waals surface area contributed by atoms with E-state index in [4.69, 9.17) is 0 Å². The molecule has 1 aromatic rings. The van der Waals surface area contributed by atoms with Crippen LogP contribution in [0.5, 0.6) is 0 Å². The van der Waals surface area contributed by atoms with Crippen molar-refractivity contribution in [1.29, 1.82) is 0 Å². The summed E-state index contributed by atoms with van der Waals surface area (Å²) >= 11 is 3.56. The molecule has 0 amide bonds. The third-order valence-corrected chi connectivity index (χ3v) is 3.42. The first-order valence-electron chi connectivity index (χ1n) is 5.85. The van der Waals surface area contributed by atoms with Crippen LogP contribution >= 0.6 is 15.9 Å². The molecule has 1 N–H and O–H groups in total. The fraction of sp³-hybridized carbons (Fsp3) is 0.538. The molecule has 0 bridgehead atoms. The molecule has 3 heteroatoms. The van der Waals surface area contributed by atoms with Crippen LogP contribution in [0.15, 0.2) is 22.7 Å². The maximum absolute atomic E-state index is 3.56. The smallest absolute Gasteiger partial charge is 0.0235 e. The van der Waals surface area contributed by atoms with E-state index in [0.29, 0.717) is 6.04 Å². The molecule has 0 spiro atoms. The molecule has 2 rings (SSSR count). The molecule has 1 aliphatic heterocycles. The lowest BCUT2D eigenvalue weighted by molar-refractivity contribution is 0.199. The van der Waals surface area contributed by atoms with E-state index in [1.807, 2.05) is 0 Å². The predicted octanol–water partition coefficient (Wildman–Crippen LogP) is 2.55. The van der Waals surface area contributed by atoms with Gasteiger partial charge in [-0.3, -0.25) is 4.90 Å². The van der Waals surface area contributed by atoms with Gasteiger partial charge in [-0.15, -0.1) is 0 Å². The third-order valence-electron chi connectivity index (χ3n) is 2.96. The summed E-state index contributed by atoms with van der Waals surface area (Å²) in [6.07, 6.45) is 0. The van der Waals surface area contributed by atoms with Crippen molar-refractivity contribution in [2.75, 3.05) is 19.6 Å². The molecule has 1 saturated heterocycles. The average molecular weight is 283 g/mol. The summed E-state index contributed by atoms with van der Waals surface area (Å²) in [4.78, 5) is 2.52. The van der Waals surface area contributed by atoms with Crippen molar-refractivity contribution < 1.29 is 0 Å². The number of hydrogen-bond donors (Lipinski definition) is 1. The number of halogens is 1. The molecule has 88 valence electrons. The van der Waals surface area contributed by atoms with E-state index in [-0.39, 0.29) is 0 Å². The first-order valence-corrected chi connectivity index (χ1v) is 6.64. The quantitative estimate of drug-likeness (QED) is 0.897. The summed E-state index contributed by atoms with van der Waals surface area (Å²) in [6, 6.07) is 7.27. The van der Waals surface area contributed by atoms with Crippen LogP contribution in [0.1, 0.15) is 18.1 Å². The monoisotopic (exact) mass is 282 g/mol. The number of hydrogen-bond acceptors (Lipinski definition) is 2. The van der Waals surface area contributed by atoms with Crippen molar-refractivity contribution in [2.45, 2.75) is 26.4 Å². The Kier molecular flexibility index (Phi) is 4.00. The van der Waals surface area contributed by atoms with Gasteiger partial charge in [0.05, 0.1) is 0 Å². The van der Waals surface area contributed by atoms with Crippen LogP contribution in [0.2, 0.25) is 0 Å². The summed E-state index contributed by atoms with van der Waals surface area (Å²) in [5.41, 5.74) is 2.73. The van der Waals surface area contributed by atoms with Gasteiger partial charge in [-0.2, -0.15) is 0 Å². The van der Waals surface area contributed by atoms with Crippen molar-refractivity contribution >= 4 is 15.9 Å². The molecule has 0 unspecified atom stereocenters. The Morgan fingerprint density at radius 1 is 1.44 bits per heavy atom. The number of rotatable bonds is 2. The Hall–Kier alpha value is -0.380. The van der Waals surface area contributed by atoms with Crippen molar-refractivity contribution in [1.82, 2.24) is 10.2 Å². The van der Waals surface area contributed by atoms with E-state index in [2.05, 4.69) is 58.2 Å². The fourth-order valence-corrected chi connectivity index (χ4v) is 2.97. The highest BCUT2D eigenvalue weighted by atomic mass is 79.9. The second kappa shape index (κ2) is 5.30. The molecule has 1 aromatic carbocycles. The Bertz CT molecular complexity index is 345. The summed E-state index contributed by atoms with van der Waals surface area (Å²) in [5, 5.41) is 3.47. The van der Waals surface area contributed by atoms with Crippen molar-refractivity contribution in [3.63, 3.8) is 0 Å². The van der Waals surface area contributed by atoms with Gasteiger partial charge in [0.25, 0.3) is 0 Å². The van der Waals surface area contributed by atoms with Gasteiger partial charge in [-0.05, 0) is 37.1 Å². The lowest BCUT2D eigenvalue weighted by Gasteiger charge is -2.31. The largest absolute Gasteiger partial charge is 0.312 e. The van der Waals surface area contributed by atoms with Gasteiger partial charge < -0.3 is 5.32 Å². The van der Waals surface area contributed by atoms with E-state index < -0.39 is 0 Å². The van der Waals surface area contributed by atoms with E-state index in [9.17, 15) is 0 Å². The number of benzene rings is 1. The van der Waals surface area contributed by atoms with Gasteiger partial charge in [0.15, 0.2) is 0 Å². The molecule has 1 aliphatic rings. The van der Waals surface area contributed by atoms with Crippen LogP contribution in [0.25, 0.3) is 0 Å². The van der Waals surface area contributed by atoms with Crippen LogP contribution in [0.4, 0.5) is 0 Å². The first kappa shape index (κ1) is 12.1. The summed E-state index contributed by atoms with van der Waals surface area (Å²) in [5.74, 6) is 0. The van der Waals surface area contributed by atoms with Gasteiger partial charge in [-0.1, -0.05) is 22.0 Å². The number of nitrogens with one attached hydrogen (secondary N) is 1. The number of nitrogens with zero attached hydrogens (tertiary/aromatic N) is 1. The topological polar surface area (TPSA) is 15.3 Å². The van der Waals surface area contributed by atoms with Gasteiger partial charge >= 0.3 is 0 Å². The molecule has 0 saturated carbocycles. The lowest BCUT2D eigenvalue weighted by Crippen LogP contribution is -2.48. The maximum Gasteiger partial charge on any atom is 0.0235 e. The number of piperazine rings is 1. The molecule has 2 nitrogen and oxygen atoms in total. The van der Waals surface area contributed by atoms with Crippen molar-refractivity contribution in [3.8, 4) is 0 Å². The van der Waals surface area contributed by atoms with Gasteiger partial charge in [0.2, 0.25) is 0 Å². The zero-order valence-electron chi connectivity index (χ0n) is 9.96. The average Bonchev–Trinajstić information content (AvgIpc) is 2.15. The van der Waals surface area contributed by atoms with Crippen LogP contribution in [0, 0.1) is 6.92 Å². The minimum atomic E-state index is 0.613. The maximum atomic E-state index is 3.56. The van der Waals surface area contributed by atoms with E-state index in [1.54, 1.807) is 0 Å². The Morgan fingerprint density at radius 2 is 2.25 bits per heavy atom. The molecular weight excluding hydrogens is 264 g/mol. The first-order chi connectivity index (χ1) is 7.63. The van der Waals surface area contributed by atoms with Gasteiger partial charge in [0, 0.05) is 36.7 Å². The van der Waals surface area contributed by atoms with E-state index in [0.717, 1.165) is 26.2 Å². The Balaban J connectivity index is 2.02. The Labute approximate surface area is 106 Å². The normalized spacial score (nSPS) is 22.3. The van der Waals surface area contributed by atoms with Crippen LogP contribution in [0.3, 0.4) is 0 Å². The van der Waals surface area contributed by atoms with Crippen LogP contribution in [-0.2, 0) is 6.54 Å². The van der Waals surface area contributed by atoms with E-state index in [1.165, 1.54) is 15.6 Å². The predicted molar refractivity (Wildman–Crippen MR) is 71.6 cm³/mol. The number of aryl methyl sites for hydroxylation is 1. The molecule has 16 heavy (non-hydrogen) atoms. The molecule has 0 aromatic heterocycles. The van der Waals surface area contributed by atoms with Gasteiger partial charge in [-0.25, -0.2) is 0 Å². The highest BCUT2D eigenvalue weighted by molar-refractivity contribution is 9.10. The fourth-order valence-electron chi connectivity index (χ4n) is 2.32. The lowest BCUT2D eigenvalue weighted by atomic mass is 10.1. The molecule has 0 radical (unpaired) electrons. The minimum Gasteiger partial charge on any atom is -0.312 e. The molecule has 1 fully saturated rings. The zero-order chi connectivity index (χ0) is 11.5. The van der Waals surface area contributed by atoms with Crippen molar-refractivity contribution in [2.24, 2.45) is 0 Å². The third kappa shape index (κ3) is 3.30. The zero-order valence-corrected chi connectivity index (χ0v) is 11.5. The molecule has 1 heterocycles. The molecular formula is C13H19BrN2. The van der Waals surface area contributed by atoms with E-state index >= 15 is 0 Å². The highest BCUT2D eigenvalue weighted by Gasteiger charge is 2.15. The SMILES string of the molecule is Cc1cc(Br)cc(CN2CCN[C@H](C)C2)c1. The van der Waals surface area contributed by atoms with Gasteiger partial charge in [0.1, 0.15) is 0 Å². The summed E-state index contributed by atoms with van der Waals surface area (Å²) in [6.45, 7) is 8.86. The second-order valence-corrected chi connectivity index (χ2v) is 5.64. The summed E-state index contributed by atoms with van der Waals surface area (Å²) in [7, 11) is 0. The minimum absolute atomic E-state index is 0.613. The molecule has 1 atom stereocenters. The van der Waals surface area contributed by atoms with Crippen molar-refractivity contribution in [3.05, 3.63) is 33.8 Å². The van der Waals surface area contributed by atoms with Crippen LogP contribution in [-0.4, -0.2) is 30.6 Å². The second-order valence-electron chi connectivity index (χ2n) is 4.73. The highest BCUT2D eigenvalue weighted by Crippen LogP contribution is 2.17. The standard InChI is InChI=1S/C13H19BrN2/c1-10-5-12(7-13(14)6-10)9-16-4-3-15-11(2)8-16/h5-7,11,15H,3-4,8-9H2,1-2H3/t11-/m1/s1. The van der Waals surface area contributed by atoms with Crippen LogP contribution < -0.4 is 5.32 Å².